The number of methoxy groups -OCH3 is 1. The molecule has 0 aliphatic heterocycles. The summed E-state index contributed by atoms with van der Waals surface area (Å²) < 4.78 is 5.16. The Balaban J connectivity index is 2.69. The van der Waals surface area contributed by atoms with Gasteiger partial charge in [-0.3, -0.25) is 0 Å². The largest absolute Gasteiger partial charge is 0.497 e. The van der Waals surface area contributed by atoms with Crippen LogP contribution in [0.15, 0.2) is 24.3 Å². The Kier molecular flexibility index (Phi) is 5.63. The first-order valence-electron chi connectivity index (χ1n) is 6.55. The zero-order valence-corrected chi connectivity index (χ0v) is 12.2. The predicted octanol–water partition coefficient (Wildman–Crippen LogP) is 2.67. The SMILES string of the molecule is COc1ccc(C(N)C(C)N(C)CC(C)C)cc1. The zero-order valence-electron chi connectivity index (χ0n) is 12.2. The molecule has 0 bridgehead atoms. The van der Waals surface area contributed by atoms with E-state index in [9.17, 15) is 0 Å². The van der Waals surface area contributed by atoms with E-state index >= 15 is 0 Å². The molecule has 0 aromatic heterocycles. The molecule has 1 aromatic carbocycles. The first-order valence-corrected chi connectivity index (χ1v) is 6.55. The van der Waals surface area contributed by atoms with E-state index in [1.54, 1.807) is 7.11 Å². The van der Waals surface area contributed by atoms with Crippen LogP contribution in [0.25, 0.3) is 0 Å². The summed E-state index contributed by atoms with van der Waals surface area (Å²) >= 11 is 0. The van der Waals surface area contributed by atoms with Gasteiger partial charge in [0.25, 0.3) is 0 Å². The van der Waals surface area contributed by atoms with Gasteiger partial charge >= 0.3 is 0 Å². The van der Waals surface area contributed by atoms with E-state index in [1.807, 2.05) is 24.3 Å². The van der Waals surface area contributed by atoms with Crippen molar-refractivity contribution in [3.8, 4) is 5.75 Å². The summed E-state index contributed by atoms with van der Waals surface area (Å²) in [6.07, 6.45) is 0. The second-order valence-corrected chi connectivity index (χ2v) is 5.37. The third-order valence-corrected chi connectivity index (χ3v) is 3.37. The molecule has 1 rings (SSSR count). The monoisotopic (exact) mass is 250 g/mol. The lowest BCUT2D eigenvalue weighted by molar-refractivity contribution is 0.204. The van der Waals surface area contributed by atoms with Crippen molar-refractivity contribution in [3.05, 3.63) is 29.8 Å². The molecule has 3 heteroatoms. The van der Waals surface area contributed by atoms with Crippen molar-refractivity contribution < 1.29 is 4.74 Å². The number of hydrogen-bond acceptors (Lipinski definition) is 3. The smallest absolute Gasteiger partial charge is 0.118 e. The Hall–Kier alpha value is -1.06. The van der Waals surface area contributed by atoms with Crippen LogP contribution in [0, 0.1) is 5.92 Å². The number of rotatable bonds is 6. The lowest BCUT2D eigenvalue weighted by atomic mass is 9.99. The average Bonchev–Trinajstić information content (AvgIpc) is 2.36. The first kappa shape index (κ1) is 15.0. The predicted molar refractivity (Wildman–Crippen MR) is 76.9 cm³/mol. The Morgan fingerprint density at radius 3 is 2.17 bits per heavy atom. The van der Waals surface area contributed by atoms with Crippen LogP contribution in [0.2, 0.25) is 0 Å². The van der Waals surface area contributed by atoms with Crippen LogP contribution >= 0.6 is 0 Å². The highest BCUT2D eigenvalue weighted by atomic mass is 16.5. The lowest BCUT2D eigenvalue weighted by Gasteiger charge is -2.31. The molecule has 0 saturated heterocycles. The van der Waals surface area contributed by atoms with Gasteiger partial charge in [-0.2, -0.15) is 0 Å². The fourth-order valence-electron chi connectivity index (χ4n) is 2.12. The van der Waals surface area contributed by atoms with Crippen LogP contribution in [0.4, 0.5) is 0 Å². The zero-order chi connectivity index (χ0) is 13.7. The van der Waals surface area contributed by atoms with Crippen LogP contribution in [0.1, 0.15) is 32.4 Å². The number of hydrogen-bond donors (Lipinski definition) is 1. The van der Waals surface area contributed by atoms with E-state index in [0.717, 1.165) is 17.9 Å². The molecule has 2 N–H and O–H groups in total. The fraction of sp³-hybridized carbons (Fsp3) is 0.600. The van der Waals surface area contributed by atoms with Crippen molar-refractivity contribution in [1.82, 2.24) is 4.90 Å². The summed E-state index contributed by atoms with van der Waals surface area (Å²) in [7, 11) is 3.81. The van der Waals surface area contributed by atoms with Gasteiger partial charge in [0.05, 0.1) is 7.11 Å². The van der Waals surface area contributed by atoms with E-state index in [1.165, 1.54) is 0 Å². The number of benzene rings is 1. The van der Waals surface area contributed by atoms with Gasteiger partial charge in [-0.25, -0.2) is 0 Å². The maximum absolute atomic E-state index is 6.32. The second-order valence-electron chi connectivity index (χ2n) is 5.37. The van der Waals surface area contributed by atoms with Crippen molar-refractivity contribution in [3.63, 3.8) is 0 Å². The molecular weight excluding hydrogens is 224 g/mol. The summed E-state index contributed by atoms with van der Waals surface area (Å²) in [5.41, 5.74) is 7.48. The Morgan fingerprint density at radius 1 is 1.17 bits per heavy atom. The number of ether oxygens (including phenoxy) is 1. The Labute approximate surface area is 111 Å². The molecular formula is C15H26N2O. The van der Waals surface area contributed by atoms with E-state index in [-0.39, 0.29) is 6.04 Å². The van der Waals surface area contributed by atoms with Gasteiger partial charge in [0.2, 0.25) is 0 Å². The van der Waals surface area contributed by atoms with Crippen molar-refractivity contribution in [1.29, 1.82) is 0 Å². The maximum Gasteiger partial charge on any atom is 0.118 e. The summed E-state index contributed by atoms with van der Waals surface area (Å²) in [4.78, 5) is 2.32. The van der Waals surface area contributed by atoms with Crippen LogP contribution in [0.5, 0.6) is 5.75 Å². The van der Waals surface area contributed by atoms with Crippen LogP contribution in [0.3, 0.4) is 0 Å². The first-order chi connectivity index (χ1) is 8.45. The lowest BCUT2D eigenvalue weighted by Crippen LogP contribution is -2.40. The molecule has 0 heterocycles. The molecule has 0 amide bonds. The summed E-state index contributed by atoms with van der Waals surface area (Å²) in [5, 5.41) is 0. The normalized spacial score (nSPS) is 14.9. The van der Waals surface area contributed by atoms with Gasteiger partial charge in [-0.15, -0.1) is 0 Å². The second kappa shape index (κ2) is 6.76. The Bertz CT molecular complexity index is 348. The molecule has 1 aromatic rings. The van der Waals surface area contributed by atoms with Crippen molar-refractivity contribution in [2.45, 2.75) is 32.9 Å². The molecule has 0 fully saturated rings. The summed E-state index contributed by atoms with van der Waals surface area (Å²) in [5.74, 6) is 1.52. The minimum atomic E-state index is 0.0275. The number of nitrogens with zero attached hydrogens (tertiary/aromatic N) is 1. The van der Waals surface area contributed by atoms with Gasteiger partial charge in [-0.05, 0) is 37.6 Å². The molecule has 0 spiro atoms. The fourth-order valence-corrected chi connectivity index (χ4v) is 2.12. The minimum Gasteiger partial charge on any atom is -0.497 e. The maximum atomic E-state index is 6.32. The molecule has 102 valence electrons. The highest BCUT2D eigenvalue weighted by molar-refractivity contribution is 5.29. The highest BCUT2D eigenvalue weighted by Gasteiger charge is 2.19. The van der Waals surface area contributed by atoms with E-state index in [0.29, 0.717) is 12.0 Å². The summed E-state index contributed by atoms with van der Waals surface area (Å²) in [6.45, 7) is 7.69. The van der Waals surface area contributed by atoms with Crippen LogP contribution < -0.4 is 10.5 Å². The molecule has 0 saturated carbocycles. The molecule has 2 unspecified atom stereocenters. The molecule has 3 nitrogen and oxygen atoms in total. The van der Waals surface area contributed by atoms with Crippen LogP contribution in [-0.2, 0) is 0 Å². The van der Waals surface area contributed by atoms with Crippen molar-refractivity contribution in [2.24, 2.45) is 11.7 Å². The minimum absolute atomic E-state index is 0.0275. The van der Waals surface area contributed by atoms with Crippen molar-refractivity contribution >= 4 is 0 Å². The van der Waals surface area contributed by atoms with Gasteiger partial charge in [-0.1, -0.05) is 26.0 Å². The Morgan fingerprint density at radius 2 is 1.72 bits per heavy atom. The van der Waals surface area contributed by atoms with Gasteiger partial charge in [0, 0.05) is 18.6 Å². The number of likely N-dealkylation sites (N-methyl/N-ethyl adjacent to an activating group) is 1. The quantitative estimate of drug-likeness (QED) is 0.843. The highest BCUT2D eigenvalue weighted by Crippen LogP contribution is 2.21. The molecule has 0 aliphatic rings. The molecule has 0 radical (unpaired) electrons. The average molecular weight is 250 g/mol. The van der Waals surface area contributed by atoms with Gasteiger partial charge < -0.3 is 15.4 Å². The number of nitrogens with two attached hydrogens (primary N) is 1. The van der Waals surface area contributed by atoms with Gasteiger partial charge in [0.15, 0.2) is 0 Å². The van der Waals surface area contributed by atoms with E-state index in [2.05, 4.69) is 32.7 Å². The topological polar surface area (TPSA) is 38.5 Å². The van der Waals surface area contributed by atoms with E-state index < -0.39 is 0 Å². The van der Waals surface area contributed by atoms with Gasteiger partial charge in [0.1, 0.15) is 5.75 Å². The molecule has 0 aliphatic carbocycles. The summed E-state index contributed by atoms with van der Waals surface area (Å²) in [6, 6.07) is 8.36. The third kappa shape index (κ3) is 4.00. The third-order valence-electron chi connectivity index (χ3n) is 3.37. The van der Waals surface area contributed by atoms with Crippen molar-refractivity contribution in [2.75, 3.05) is 20.7 Å². The molecule has 2 atom stereocenters. The molecule has 18 heavy (non-hydrogen) atoms. The van der Waals surface area contributed by atoms with Crippen LogP contribution in [-0.4, -0.2) is 31.6 Å². The van der Waals surface area contributed by atoms with E-state index in [4.69, 9.17) is 10.5 Å². The standard InChI is InChI=1S/C15H26N2O/c1-11(2)10-17(4)12(3)15(16)13-6-8-14(18-5)9-7-13/h6-9,11-12,15H,10,16H2,1-5H3.